The van der Waals surface area contributed by atoms with Crippen LogP contribution in [0.1, 0.15) is 0 Å². The summed E-state index contributed by atoms with van der Waals surface area (Å²) in [5.74, 6) is 0. The molecule has 0 unspecified atom stereocenters. The number of nitrogens with zero attached hydrogens (tertiary/aromatic N) is 3. The lowest BCUT2D eigenvalue weighted by Crippen LogP contribution is -1.92. The molecule has 0 aliphatic rings. The highest BCUT2D eigenvalue weighted by molar-refractivity contribution is 6.21. The molecule has 576 valence electrons. The molecule has 9 nitrogen and oxygen atoms in total. The van der Waals surface area contributed by atoms with E-state index in [1.807, 2.05) is 42.5 Å². The Hall–Kier alpha value is -16.6. The monoisotopic (exact) mass is 1580 g/mol. The largest absolute Gasteiger partial charge is 0.456 e. The van der Waals surface area contributed by atoms with E-state index in [4.69, 9.17) is 26.5 Å². The van der Waals surface area contributed by atoms with E-state index in [9.17, 15) is 0 Å². The van der Waals surface area contributed by atoms with E-state index >= 15 is 0 Å². The van der Waals surface area contributed by atoms with Crippen LogP contribution in [0.25, 0.3) is 249 Å². The summed E-state index contributed by atoms with van der Waals surface area (Å²) in [6.07, 6.45) is 0. The molecule has 9 heteroatoms. The van der Waals surface area contributed by atoms with Gasteiger partial charge in [-0.25, -0.2) is 0 Å². The van der Waals surface area contributed by atoms with Gasteiger partial charge in [-0.1, -0.05) is 243 Å². The van der Waals surface area contributed by atoms with Gasteiger partial charge in [0.15, 0.2) is 16.7 Å². The first-order valence-electron chi connectivity index (χ1n) is 41.6. The molecule has 9 aromatic heterocycles. The zero-order chi connectivity index (χ0) is 80.7. The van der Waals surface area contributed by atoms with Crippen molar-refractivity contribution in [3.05, 3.63) is 419 Å². The van der Waals surface area contributed by atoms with Crippen LogP contribution in [-0.4, -0.2) is 13.7 Å². The molecule has 27 aromatic rings. The summed E-state index contributed by atoms with van der Waals surface area (Å²) >= 11 is 0. The van der Waals surface area contributed by atoms with Gasteiger partial charge in [0, 0.05) is 81.7 Å². The van der Waals surface area contributed by atoms with Crippen LogP contribution >= 0.6 is 0 Å². The number of benzene rings is 18. The third-order valence-corrected chi connectivity index (χ3v) is 24.6. The molecule has 0 radical (unpaired) electrons. The van der Waals surface area contributed by atoms with Crippen LogP contribution in [0.3, 0.4) is 0 Å². The second-order valence-electron chi connectivity index (χ2n) is 31.7. The molecule has 0 bridgehead atoms. The lowest BCUT2D eigenvalue weighted by atomic mass is 9.95. The van der Waals surface area contributed by atoms with Gasteiger partial charge in [-0.2, -0.15) is 0 Å². The predicted octanol–water partition coefficient (Wildman–Crippen LogP) is 32.3. The maximum Gasteiger partial charge on any atom is 0.161 e. The Morgan fingerprint density at radius 1 is 0.146 bits per heavy atom. The maximum atomic E-state index is 6.50. The number of para-hydroxylation sites is 9. The SMILES string of the molecule is c1ccc(-n2c3ccccc3c3oc4ccc(-c5cccc(-c6ccc7c(c6)oc6ccccc67)c5)cc4c32)cc1.c1ccc(-n2c3ccccc3c3oc4ccc(-c5cccc(-c6ccc7oc8ccccc8c7c6)c5)cc4c32)cc1.c1ccc(-n2c3ccccc3c3oc4ccc(-c5cccc(-c6cccc7oc8ccccc8c67)c5)cc4c32)cc1. The highest BCUT2D eigenvalue weighted by Gasteiger charge is 2.25. The van der Waals surface area contributed by atoms with Gasteiger partial charge < -0.3 is 40.2 Å². The van der Waals surface area contributed by atoms with Crippen molar-refractivity contribution in [2.45, 2.75) is 0 Å². The topological polar surface area (TPSA) is 93.6 Å². The summed E-state index contributed by atoms with van der Waals surface area (Å²) in [6, 6.07) is 147. The molecule has 123 heavy (non-hydrogen) atoms. The Labute approximate surface area is 702 Å². The average molecular weight is 1580 g/mol. The van der Waals surface area contributed by atoms with Gasteiger partial charge in [-0.3, -0.25) is 0 Å². The minimum atomic E-state index is 0.889. The fraction of sp³-hybridized carbons (Fsp3) is 0. The van der Waals surface area contributed by atoms with E-state index in [1.165, 1.54) is 22.3 Å². The molecule has 0 spiro atoms. The van der Waals surface area contributed by atoms with Gasteiger partial charge in [-0.05, 0) is 243 Å². The standard InChI is InChI=1S/3C38H23NO2/c1-2-12-27(13-3-1)39-32-17-6-4-14-29(32)38-37(39)31-23-25(20-21-34(31)41-38)24-10-8-11-26(22-24)28-16-9-19-35-36(28)30-15-5-7-18-33(30)40-35;1-2-11-28(12-3-1)39-33-15-6-4-14-31(33)38-37(39)32-22-26(18-20-35(32)41-38)24-9-8-10-25(21-24)27-17-19-30-29-13-5-7-16-34(29)40-36(30)23-27;1-2-11-28(12-3-1)39-33-15-6-4-14-30(33)38-37(39)32-23-27(18-20-36(32)41-38)25-10-8-9-24(21-25)26-17-19-35-31(22-26)29-13-5-7-16-34(29)40-35/h3*1-23H. The van der Waals surface area contributed by atoms with E-state index in [-0.39, 0.29) is 0 Å². The first-order chi connectivity index (χ1) is 61.0. The third kappa shape index (κ3) is 11.4. The molecule has 18 aromatic carbocycles. The highest BCUT2D eigenvalue weighted by atomic mass is 16.3. The Balaban J connectivity index is 0.000000101. The molecule has 27 rings (SSSR count). The van der Waals surface area contributed by atoms with Gasteiger partial charge >= 0.3 is 0 Å². The van der Waals surface area contributed by atoms with Crippen molar-refractivity contribution in [1.82, 2.24) is 13.7 Å². The number of furan rings is 6. The molecule has 0 amide bonds. The normalized spacial score (nSPS) is 11.9. The molecule has 0 N–H and O–H groups in total. The first kappa shape index (κ1) is 69.5. The van der Waals surface area contributed by atoms with E-state index in [0.29, 0.717) is 0 Å². The van der Waals surface area contributed by atoms with Crippen LogP contribution < -0.4 is 0 Å². The van der Waals surface area contributed by atoms with Gasteiger partial charge in [0.25, 0.3) is 0 Å². The molecule has 0 aliphatic carbocycles. The molecule has 0 aliphatic heterocycles. The molecule has 0 saturated carbocycles. The Bertz CT molecular complexity index is 8900. The number of hydrogen-bond acceptors (Lipinski definition) is 6. The third-order valence-electron chi connectivity index (χ3n) is 24.6. The van der Waals surface area contributed by atoms with Crippen molar-refractivity contribution in [2.24, 2.45) is 0 Å². The lowest BCUT2D eigenvalue weighted by molar-refractivity contribution is 0.668. The first-order valence-corrected chi connectivity index (χ1v) is 41.6. The number of rotatable bonds is 9. The molecular weight excluding hydrogens is 1510 g/mol. The molecule has 0 fully saturated rings. The van der Waals surface area contributed by atoms with Gasteiger partial charge in [0.05, 0.1) is 16.6 Å². The van der Waals surface area contributed by atoms with Crippen LogP contribution in [0.4, 0.5) is 0 Å². The molecule has 9 heterocycles. The summed E-state index contributed by atoms with van der Waals surface area (Å²) in [4.78, 5) is 0. The Morgan fingerprint density at radius 2 is 0.423 bits per heavy atom. The van der Waals surface area contributed by atoms with Gasteiger partial charge in [0.1, 0.15) is 66.8 Å². The van der Waals surface area contributed by atoms with E-state index in [2.05, 4.69) is 390 Å². The highest BCUT2D eigenvalue weighted by Crippen LogP contribution is 2.47. The van der Waals surface area contributed by atoms with Crippen molar-refractivity contribution in [1.29, 1.82) is 0 Å². The molecule has 0 atom stereocenters. The Kier molecular flexibility index (Phi) is 15.8. The fourth-order valence-electron chi connectivity index (χ4n) is 18.9. The molecule has 0 saturated heterocycles. The Morgan fingerprint density at radius 3 is 0.862 bits per heavy atom. The summed E-state index contributed by atoms with van der Waals surface area (Å²) in [6.45, 7) is 0. The number of hydrogen-bond donors (Lipinski definition) is 0. The lowest BCUT2D eigenvalue weighted by Gasteiger charge is -2.09. The maximum absolute atomic E-state index is 6.50. The second-order valence-corrected chi connectivity index (χ2v) is 31.7. The van der Waals surface area contributed by atoms with Gasteiger partial charge in [0.2, 0.25) is 0 Å². The predicted molar refractivity (Wildman–Crippen MR) is 506 cm³/mol. The van der Waals surface area contributed by atoms with E-state index in [1.54, 1.807) is 0 Å². The van der Waals surface area contributed by atoms with Crippen LogP contribution in [0.2, 0.25) is 0 Å². The van der Waals surface area contributed by atoms with Crippen LogP contribution in [0.5, 0.6) is 0 Å². The second kappa shape index (κ2) is 28.0. The number of fused-ring (bicyclic) bond motifs is 24. The van der Waals surface area contributed by atoms with E-state index < -0.39 is 0 Å². The quantitative estimate of drug-likeness (QED) is 0.143. The fourth-order valence-corrected chi connectivity index (χ4v) is 18.9. The summed E-state index contributed by atoms with van der Waals surface area (Å²) in [5.41, 5.74) is 34.9. The summed E-state index contributed by atoms with van der Waals surface area (Å²) in [5, 5.41) is 13.5. The van der Waals surface area contributed by atoms with Gasteiger partial charge in [-0.15, -0.1) is 0 Å². The zero-order valence-corrected chi connectivity index (χ0v) is 66.1. The summed E-state index contributed by atoms with van der Waals surface area (Å²) in [7, 11) is 0. The number of aromatic nitrogens is 3. The minimum Gasteiger partial charge on any atom is -0.456 e. The van der Waals surface area contributed by atoms with Crippen molar-refractivity contribution in [2.75, 3.05) is 0 Å². The summed E-state index contributed by atoms with van der Waals surface area (Å²) < 4.78 is 44.8. The van der Waals surface area contributed by atoms with Crippen molar-refractivity contribution in [3.8, 4) is 83.8 Å². The van der Waals surface area contributed by atoms with Crippen molar-refractivity contribution in [3.63, 3.8) is 0 Å². The molecular formula is C114H69N3O6. The van der Waals surface area contributed by atoms with Crippen LogP contribution in [0, 0.1) is 0 Å². The smallest absolute Gasteiger partial charge is 0.161 e. The van der Waals surface area contributed by atoms with Crippen molar-refractivity contribution >= 4 is 165 Å². The zero-order valence-electron chi connectivity index (χ0n) is 66.1. The minimum absolute atomic E-state index is 0.889. The van der Waals surface area contributed by atoms with Crippen LogP contribution in [0.15, 0.2) is 445 Å². The van der Waals surface area contributed by atoms with E-state index in [0.717, 1.165) is 226 Å². The van der Waals surface area contributed by atoms with Crippen molar-refractivity contribution < 1.29 is 26.5 Å². The average Bonchev–Trinajstić information content (AvgIpc) is 1.58. The van der Waals surface area contributed by atoms with Crippen LogP contribution in [-0.2, 0) is 0 Å².